The largest absolute Gasteiger partial charge is 0.395 e. The molecule has 1 heterocycles. The third kappa shape index (κ3) is 2.38. The first kappa shape index (κ1) is 12.6. The first-order valence-corrected chi connectivity index (χ1v) is 6.12. The van der Waals surface area contributed by atoms with Crippen LogP contribution in [0.2, 0.25) is 0 Å². The molecule has 0 aliphatic carbocycles. The fraction of sp³-hybridized carbons (Fsp3) is 0.357. The number of H-pyrrole nitrogens is 1. The zero-order valence-corrected chi connectivity index (χ0v) is 10.7. The highest BCUT2D eigenvalue weighted by Crippen LogP contribution is 2.16. The molecular formula is C14H18N2O2. The maximum atomic E-state index is 12.3. The summed E-state index contributed by atoms with van der Waals surface area (Å²) in [6.45, 7) is 4.24. The Hall–Kier alpha value is -1.81. The maximum absolute atomic E-state index is 12.3. The first-order chi connectivity index (χ1) is 8.63. The average molecular weight is 246 g/mol. The van der Waals surface area contributed by atoms with E-state index in [1.165, 1.54) is 0 Å². The molecule has 18 heavy (non-hydrogen) atoms. The number of carbonyl (C=O) groups is 1. The summed E-state index contributed by atoms with van der Waals surface area (Å²) in [7, 11) is 0. The Bertz CT molecular complexity index is 545. The molecule has 2 rings (SSSR count). The quantitative estimate of drug-likeness (QED) is 0.867. The zero-order chi connectivity index (χ0) is 13.1. The summed E-state index contributed by atoms with van der Waals surface area (Å²) < 4.78 is 0. The van der Waals surface area contributed by atoms with E-state index in [1.54, 1.807) is 4.90 Å². The van der Waals surface area contributed by atoms with Gasteiger partial charge in [0.25, 0.3) is 5.91 Å². The first-order valence-electron chi connectivity index (χ1n) is 6.12. The van der Waals surface area contributed by atoms with Crippen molar-refractivity contribution in [2.45, 2.75) is 19.9 Å². The van der Waals surface area contributed by atoms with Crippen LogP contribution in [-0.4, -0.2) is 40.1 Å². The number of fused-ring (bicyclic) bond motifs is 1. The second-order valence-corrected chi connectivity index (χ2v) is 4.60. The smallest absolute Gasteiger partial charge is 0.254 e. The van der Waals surface area contributed by atoms with E-state index in [-0.39, 0.29) is 18.6 Å². The van der Waals surface area contributed by atoms with Crippen LogP contribution >= 0.6 is 0 Å². The summed E-state index contributed by atoms with van der Waals surface area (Å²) in [5, 5.41) is 10.0. The van der Waals surface area contributed by atoms with Crippen LogP contribution in [0.4, 0.5) is 0 Å². The Balaban J connectivity index is 2.30. The van der Waals surface area contributed by atoms with E-state index in [9.17, 15) is 4.79 Å². The Labute approximate surface area is 106 Å². The number of aliphatic hydroxyl groups excluding tert-OH is 1. The molecule has 2 aromatic rings. The molecule has 0 bridgehead atoms. The van der Waals surface area contributed by atoms with Crippen molar-refractivity contribution in [3.63, 3.8) is 0 Å². The monoisotopic (exact) mass is 246 g/mol. The van der Waals surface area contributed by atoms with Crippen LogP contribution in [0.5, 0.6) is 0 Å². The van der Waals surface area contributed by atoms with Gasteiger partial charge in [-0.25, -0.2) is 0 Å². The topological polar surface area (TPSA) is 56.3 Å². The second kappa shape index (κ2) is 5.23. The Morgan fingerprint density at radius 3 is 2.83 bits per heavy atom. The number of benzene rings is 1. The van der Waals surface area contributed by atoms with E-state index in [4.69, 9.17) is 5.11 Å². The van der Waals surface area contributed by atoms with Crippen LogP contribution in [0.25, 0.3) is 10.9 Å². The predicted octanol–water partition coefficient (Wildman–Crippen LogP) is 2.01. The molecule has 0 saturated carbocycles. The third-order valence-corrected chi connectivity index (χ3v) is 3.03. The number of amides is 1. The average Bonchev–Trinajstić information content (AvgIpc) is 2.81. The Kier molecular flexibility index (Phi) is 3.67. The third-order valence-electron chi connectivity index (χ3n) is 3.03. The lowest BCUT2D eigenvalue weighted by Crippen LogP contribution is -2.38. The summed E-state index contributed by atoms with van der Waals surface area (Å²) in [6, 6.07) is 7.61. The van der Waals surface area contributed by atoms with Gasteiger partial charge in [0.2, 0.25) is 0 Å². The van der Waals surface area contributed by atoms with Gasteiger partial charge in [0, 0.05) is 35.2 Å². The minimum atomic E-state index is -0.0397. The predicted molar refractivity (Wildman–Crippen MR) is 71.6 cm³/mol. The number of carbonyl (C=O) groups excluding carboxylic acids is 1. The van der Waals surface area contributed by atoms with Gasteiger partial charge in [-0.1, -0.05) is 0 Å². The van der Waals surface area contributed by atoms with Gasteiger partial charge in [-0.2, -0.15) is 0 Å². The molecule has 0 aliphatic rings. The molecule has 4 nitrogen and oxygen atoms in total. The summed E-state index contributed by atoms with van der Waals surface area (Å²) in [6.07, 6.45) is 1.85. The highest BCUT2D eigenvalue weighted by Gasteiger charge is 2.18. The maximum Gasteiger partial charge on any atom is 0.254 e. The van der Waals surface area contributed by atoms with Crippen LogP contribution in [0.15, 0.2) is 30.5 Å². The van der Waals surface area contributed by atoms with Crippen molar-refractivity contribution in [2.75, 3.05) is 13.2 Å². The number of nitrogens with one attached hydrogen (secondary N) is 1. The van der Waals surface area contributed by atoms with Crippen molar-refractivity contribution in [1.82, 2.24) is 9.88 Å². The summed E-state index contributed by atoms with van der Waals surface area (Å²) >= 11 is 0. The van der Waals surface area contributed by atoms with Crippen molar-refractivity contribution in [3.05, 3.63) is 36.0 Å². The lowest BCUT2D eigenvalue weighted by atomic mass is 10.1. The lowest BCUT2D eigenvalue weighted by Gasteiger charge is -2.26. The van der Waals surface area contributed by atoms with Crippen molar-refractivity contribution in [1.29, 1.82) is 0 Å². The molecule has 2 N–H and O–H groups in total. The van der Waals surface area contributed by atoms with Crippen molar-refractivity contribution >= 4 is 16.8 Å². The lowest BCUT2D eigenvalue weighted by molar-refractivity contribution is 0.0665. The van der Waals surface area contributed by atoms with Gasteiger partial charge < -0.3 is 15.0 Å². The standard InChI is InChI=1S/C14H18N2O2/c1-10(2)16(7-8-17)14(18)12-3-4-13-11(9-12)5-6-15-13/h3-6,9-10,15,17H,7-8H2,1-2H3. The number of hydrogen-bond donors (Lipinski definition) is 2. The van der Waals surface area contributed by atoms with Crippen LogP contribution < -0.4 is 0 Å². The van der Waals surface area contributed by atoms with E-state index in [2.05, 4.69) is 4.98 Å². The zero-order valence-electron chi connectivity index (χ0n) is 10.7. The van der Waals surface area contributed by atoms with Gasteiger partial charge in [0.15, 0.2) is 0 Å². The molecule has 96 valence electrons. The van der Waals surface area contributed by atoms with Gasteiger partial charge in [-0.3, -0.25) is 4.79 Å². The molecule has 0 radical (unpaired) electrons. The normalized spacial score (nSPS) is 11.1. The number of aliphatic hydroxyl groups is 1. The van der Waals surface area contributed by atoms with Crippen molar-refractivity contribution in [3.8, 4) is 0 Å². The number of rotatable bonds is 4. The van der Waals surface area contributed by atoms with Gasteiger partial charge in [0.05, 0.1) is 6.61 Å². The Morgan fingerprint density at radius 2 is 2.17 bits per heavy atom. The van der Waals surface area contributed by atoms with Crippen LogP contribution in [0, 0.1) is 0 Å². The molecule has 1 aromatic carbocycles. The fourth-order valence-corrected chi connectivity index (χ4v) is 2.05. The number of nitrogens with zero attached hydrogens (tertiary/aromatic N) is 1. The molecule has 4 heteroatoms. The van der Waals surface area contributed by atoms with E-state index < -0.39 is 0 Å². The summed E-state index contributed by atoms with van der Waals surface area (Å²) in [5.74, 6) is -0.0397. The molecule has 0 atom stereocenters. The minimum Gasteiger partial charge on any atom is -0.395 e. The van der Waals surface area contributed by atoms with Gasteiger partial charge in [0.1, 0.15) is 0 Å². The molecule has 0 unspecified atom stereocenters. The molecule has 1 aromatic heterocycles. The van der Waals surface area contributed by atoms with Gasteiger partial charge >= 0.3 is 0 Å². The molecule has 0 spiro atoms. The van der Waals surface area contributed by atoms with Crippen LogP contribution in [-0.2, 0) is 0 Å². The number of aromatic nitrogens is 1. The molecular weight excluding hydrogens is 228 g/mol. The fourth-order valence-electron chi connectivity index (χ4n) is 2.05. The van der Waals surface area contributed by atoms with Gasteiger partial charge in [-0.15, -0.1) is 0 Å². The summed E-state index contributed by atoms with van der Waals surface area (Å²) in [5.41, 5.74) is 1.68. The van der Waals surface area contributed by atoms with E-state index >= 15 is 0 Å². The molecule has 0 saturated heterocycles. The summed E-state index contributed by atoms with van der Waals surface area (Å²) in [4.78, 5) is 17.1. The highest BCUT2D eigenvalue weighted by molar-refractivity contribution is 5.98. The van der Waals surface area contributed by atoms with Crippen LogP contribution in [0.1, 0.15) is 24.2 Å². The second-order valence-electron chi connectivity index (χ2n) is 4.60. The molecule has 0 fully saturated rings. The molecule has 1 amide bonds. The molecule has 0 aliphatic heterocycles. The van der Waals surface area contributed by atoms with Crippen LogP contribution in [0.3, 0.4) is 0 Å². The Morgan fingerprint density at radius 1 is 1.39 bits per heavy atom. The van der Waals surface area contributed by atoms with E-state index in [1.807, 2.05) is 44.3 Å². The SMILES string of the molecule is CC(C)N(CCO)C(=O)c1ccc2[nH]ccc2c1. The van der Waals surface area contributed by atoms with E-state index in [0.717, 1.165) is 10.9 Å². The van der Waals surface area contributed by atoms with Crippen molar-refractivity contribution < 1.29 is 9.90 Å². The van der Waals surface area contributed by atoms with E-state index in [0.29, 0.717) is 12.1 Å². The highest BCUT2D eigenvalue weighted by atomic mass is 16.3. The number of hydrogen-bond acceptors (Lipinski definition) is 2. The minimum absolute atomic E-state index is 0.0175. The van der Waals surface area contributed by atoms with Crippen molar-refractivity contribution in [2.24, 2.45) is 0 Å². The van der Waals surface area contributed by atoms with Gasteiger partial charge in [-0.05, 0) is 38.1 Å². The number of aromatic amines is 1.